The molecule has 186 valence electrons. The first-order chi connectivity index (χ1) is 17.1. The van der Waals surface area contributed by atoms with Crippen LogP contribution >= 0.6 is 56.5 Å². The zero-order valence-electron chi connectivity index (χ0n) is 19.3. The molecular formula is C25H19FI2N2O5S. The van der Waals surface area contributed by atoms with Gasteiger partial charge in [0.15, 0.2) is 10.6 Å². The van der Waals surface area contributed by atoms with Crippen molar-refractivity contribution < 1.29 is 23.5 Å². The number of benzene rings is 2. The van der Waals surface area contributed by atoms with Gasteiger partial charge in [0.05, 0.1) is 32.0 Å². The number of hydrogen-bond donors (Lipinski definition) is 0. The van der Waals surface area contributed by atoms with Crippen molar-refractivity contribution in [2.45, 2.75) is 26.8 Å². The largest absolute Gasteiger partial charge is 0.463 e. The van der Waals surface area contributed by atoms with Gasteiger partial charge < -0.3 is 9.47 Å². The van der Waals surface area contributed by atoms with Crippen LogP contribution in [0.1, 0.15) is 37.9 Å². The summed E-state index contributed by atoms with van der Waals surface area (Å²) in [6, 6.07) is 8.47. The summed E-state index contributed by atoms with van der Waals surface area (Å²) < 4.78 is 27.8. The fourth-order valence-corrected chi connectivity index (χ4v) is 6.87. The normalized spacial score (nSPS) is 15.4. The molecule has 0 spiro atoms. The highest BCUT2D eigenvalue weighted by Gasteiger charge is 2.33. The number of hydrogen-bond acceptors (Lipinski definition) is 7. The maximum absolute atomic E-state index is 13.7. The van der Waals surface area contributed by atoms with Gasteiger partial charge in [0.25, 0.3) is 5.56 Å². The molecule has 36 heavy (non-hydrogen) atoms. The summed E-state index contributed by atoms with van der Waals surface area (Å²) in [4.78, 5) is 43.3. The van der Waals surface area contributed by atoms with Crippen LogP contribution in [-0.4, -0.2) is 23.1 Å². The first-order valence-electron chi connectivity index (χ1n) is 10.7. The second-order valence-corrected chi connectivity index (χ2v) is 11.2. The third-order valence-electron chi connectivity index (χ3n) is 5.27. The summed E-state index contributed by atoms with van der Waals surface area (Å²) in [6.07, 6.45) is 1.65. The lowest BCUT2D eigenvalue weighted by Gasteiger charge is -2.24. The van der Waals surface area contributed by atoms with Crippen LogP contribution in [0.25, 0.3) is 6.08 Å². The van der Waals surface area contributed by atoms with Crippen molar-refractivity contribution in [3.63, 3.8) is 0 Å². The minimum Gasteiger partial charge on any atom is -0.463 e. The Labute approximate surface area is 236 Å². The fourth-order valence-electron chi connectivity index (χ4n) is 3.83. The molecule has 0 saturated heterocycles. The molecular weight excluding hydrogens is 713 g/mol. The van der Waals surface area contributed by atoms with Gasteiger partial charge >= 0.3 is 11.9 Å². The number of aromatic nitrogens is 1. The number of fused-ring (bicyclic) bond motifs is 1. The molecule has 0 saturated carbocycles. The molecule has 0 unspecified atom stereocenters. The zero-order valence-corrected chi connectivity index (χ0v) is 24.4. The lowest BCUT2D eigenvalue weighted by Crippen LogP contribution is -2.40. The number of rotatable bonds is 5. The summed E-state index contributed by atoms with van der Waals surface area (Å²) in [5.74, 6) is -1.15. The van der Waals surface area contributed by atoms with Crippen LogP contribution < -0.4 is 19.6 Å². The molecule has 1 aromatic heterocycles. The van der Waals surface area contributed by atoms with E-state index in [4.69, 9.17) is 9.47 Å². The highest BCUT2D eigenvalue weighted by Crippen LogP contribution is 2.31. The molecule has 7 nitrogen and oxygen atoms in total. The summed E-state index contributed by atoms with van der Waals surface area (Å²) >= 11 is 5.38. The first kappa shape index (κ1) is 26.7. The smallest absolute Gasteiger partial charge is 0.338 e. The first-order valence-corrected chi connectivity index (χ1v) is 13.7. The molecule has 0 aliphatic carbocycles. The van der Waals surface area contributed by atoms with Gasteiger partial charge in [-0.05, 0) is 94.9 Å². The SMILES string of the molecule is CCOC(=O)C1=C(C)N=c2s/c(=C\c3cc(I)cc(I)c3OC(C)=O)c(=O)n2[C@H]1c1ccc(F)cc1. The van der Waals surface area contributed by atoms with Gasteiger partial charge in [0, 0.05) is 16.1 Å². The molecule has 0 amide bonds. The van der Waals surface area contributed by atoms with E-state index in [1.54, 1.807) is 19.9 Å². The van der Waals surface area contributed by atoms with Crippen LogP contribution in [0, 0.1) is 13.0 Å². The molecule has 4 rings (SSSR count). The Kier molecular flexibility index (Phi) is 8.09. The van der Waals surface area contributed by atoms with Crippen LogP contribution in [0.3, 0.4) is 0 Å². The topological polar surface area (TPSA) is 87.0 Å². The monoisotopic (exact) mass is 732 g/mol. The quantitative estimate of drug-likeness (QED) is 0.225. The number of carbonyl (C=O) groups excluding carboxylic acids is 2. The predicted molar refractivity (Wildman–Crippen MR) is 150 cm³/mol. The van der Waals surface area contributed by atoms with Crippen LogP contribution in [0.2, 0.25) is 0 Å². The molecule has 3 aromatic rings. The van der Waals surface area contributed by atoms with E-state index in [2.05, 4.69) is 50.2 Å². The zero-order chi connectivity index (χ0) is 26.1. The summed E-state index contributed by atoms with van der Waals surface area (Å²) in [6.45, 7) is 4.84. The number of ether oxygens (including phenoxy) is 2. The third-order valence-corrected chi connectivity index (χ3v) is 7.68. The van der Waals surface area contributed by atoms with Crippen LogP contribution in [-0.2, 0) is 14.3 Å². The Morgan fingerprint density at radius 2 is 1.92 bits per heavy atom. The van der Waals surface area contributed by atoms with Crippen molar-refractivity contribution in [2.24, 2.45) is 4.99 Å². The van der Waals surface area contributed by atoms with Gasteiger partial charge in [-0.25, -0.2) is 14.2 Å². The van der Waals surface area contributed by atoms with Crippen molar-refractivity contribution in [1.82, 2.24) is 4.57 Å². The van der Waals surface area contributed by atoms with E-state index >= 15 is 0 Å². The van der Waals surface area contributed by atoms with Gasteiger partial charge in [0.1, 0.15) is 5.82 Å². The second kappa shape index (κ2) is 10.9. The van der Waals surface area contributed by atoms with Crippen molar-refractivity contribution in [1.29, 1.82) is 0 Å². The number of carbonyl (C=O) groups is 2. The molecule has 1 atom stereocenters. The molecule has 11 heteroatoms. The summed E-state index contributed by atoms with van der Waals surface area (Å²) in [5.41, 5.74) is 1.36. The Hall–Kier alpha value is -2.39. The summed E-state index contributed by atoms with van der Waals surface area (Å²) in [7, 11) is 0. The van der Waals surface area contributed by atoms with Crippen molar-refractivity contribution in [3.8, 4) is 5.75 Å². The van der Waals surface area contributed by atoms with E-state index in [0.717, 1.165) is 18.5 Å². The van der Waals surface area contributed by atoms with E-state index in [-0.39, 0.29) is 17.7 Å². The highest BCUT2D eigenvalue weighted by atomic mass is 127. The van der Waals surface area contributed by atoms with Crippen molar-refractivity contribution in [3.05, 3.63) is 91.4 Å². The molecule has 0 N–H and O–H groups in total. The molecule has 0 bridgehead atoms. The minimum atomic E-state index is -0.841. The maximum atomic E-state index is 13.7. The average Bonchev–Trinajstić information content (AvgIpc) is 3.10. The number of thiazole rings is 1. The molecule has 1 aliphatic heterocycles. The Morgan fingerprint density at radius 1 is 1.22 bits per heavy atom. The molecule has 2 heterocycles. The lowest BCUT2D eigenvalue weighted by molar-refractivity contribution is -0.139. The van der Waals surface area contributed by atoms with Crippen molar-refractivity contribution >= 4 is 74.5 Å². The van der Waals surface area contributed by atoms with Crippen LogP contribution in [0.15, 0.2) is 57.5 Å². The highest BCUT2D eigenvalue weighted by molar-refractivity contribution is 14.1. The standard InChI is InChI=1S/C25H19FI2N2O5S/c1-4-34-24(33)20-12(2)29-25-30(21(20)14-5-7-16(26)8-6-14)23(32)19(36-25)10-15-9-17(27)11-18(28)22(15)35-13(3)31/h5-11,21H,4H2,1-3H3/b19-10-/t21-/m0/s1. The number of esters is 2. The average molecular weight is 732 g/mol. The minimum absolute atomic E-state index is 0.153. The number of nitrogens with zero attached hydrogens (tertiary/aromatic N) is 2. The van der Waals surface area contributed by atoms with Gasteiger partial charge in [-0.15, -0.1) is 0 Å². The second-order valence-electron chi connectivity index (χ2n) is 7.75. The molecule has 1 aliphatic rings. The Morgan fingerprint density at radius 3 is 2.56 bits per heavy atom. The Bertz CT molecular complexity index is 1590. The van der Waals surface area contributed by atoms with Crippen molar-refractivity contribution in [2.75, 3.05) is 6.61 Å². The molecule has 0 fully saturated rings. The van der Waals surface area contributed by atoms with Crippen LogP contribution in [0.5, 0.6) is 5.75 Å². The van der Waals surface area contributed by atoms with E-state index in [9.17, 15) is 18.8 Å². The number of allylic oxidation sites excluding steroid dienone is 1. The van der Waals surface area contributed by atoms with E-state index in [1.807, 2.05) is 12.1 Å². The lowest BCUT2D eigenvalue weighted by atomic mass is 9.96. The van der Waals surface area contributed by atoms with Gasteiger partial charge in [-0.1, -0.05) is 23.5 Å². The third kappa shape index (κ3) is 5.32. The molecule has 2 aromatic carbocycles. The number of halogens is 3. The van der Waals surface area contributed by atoms with Crippen LogP contribution in [0.4, 0.5) is 4.39 Å². The Balaban J connectivity index is 1.98. The van der Waals surface area contributed by atoms with E-state index in [0.29, 0.717) is 31.9 Å². The summed E-state index contributed by atoms with van der Waals surface area (Å²) in [5, 5.41) is 0. The molecule has 0 radical (unpaired) electrons. The van der Waals surface area contributed by atoms with Gasteiger partial charge in [-0.2, -0.15) is 0 Å². The maximum Gasteiger partial charge on any atom is 0.338 e. The van der Waals surface area contributed by atoms with E-state index < -0.39 is 23.8 Å². The van der Waals surface area contributed by atoms with Gasteiger partial charge in [0.2, 0.25) is 0 Å². The van der Waals surface area contributed by atoms with E-state index in [1.165, 1.54) is 35.8 Å². The van der Waals surface area contributed by atoms with Gasteiger partial charge in [-0.3, -0.25) is 14.2 Å². The fraction of sp³-hybridized carbons (Fsp3) is 0.200. The predicted octanol–water partition coefficient (Wildman–Crippen LogP) is 4.07.